The minimum Gasteiger partial charge on any atom is -0.501 e. The van der Waals surface area contributed by atoms with Gasteiger partial charge in [-0.15, -0.1) is 0 Å². The fourth-order valence-corrected chi connectivity index (χ4v) is 4.14. The van der Waals surface area contributed by atoms with Crippen molar-refractivity contribution in [3.05, 3.63) is 12.3 Å². The molecule has 0 aliphatic carbocycles. The second kappa shape index (κ2) is 10.8. The third-order valence-corrected chi connectivity index (χ3v) is 5.47. The molecule has 4 atom stereocenters. The van der Waals surface area contributed by atoms with Crippen LogP contribution < -0.4 is 0 Å². The Labute approximate surface area is 146 Å². The normalized spacial score (nSPS) is 28.7. The first kappa shape index (κ1) is 19.3. The van der Waals surface area contributed by atoms with E-state index in [0.29, 0.717) is 30.5 Å². The summed E-state index contributed by atoms with van der Waals surface area (Å²) in [5.41, 5.74) is 0. The van der Waals surface area contributed by atoms with Crippen LogP contribution in [0.3, 0.4) is 0 Å². The van der Waals surface area contributed by atoms with Crippen LogP contribution in [0.25, 0.3) is 0 Å². The lowest BCUT2D eigenvalue weighted by atomic mass is 9.77. The summed E-state index contributed by atoms with van der Waals surface area (Å²) in [6, 6.07) is 0. The number of ether oxygens (including phenoxy) is 2. The van der Waals surface area contributed by atoms with Gasteiger partial charge in [0.2, 0.25) is 0 Å². The average Bonchev–Trinajstić information content (AvgIpc) is 3.15. The lowest BCUT2D eigenvalue weighted by molar-refractivity contribution is -0.137. The summed E-state index contributed by atoms with van der Waals surface area (Å²) in [7, 11) is 0. The molecule has 2 bridgehead atoms. The Kier molecular flexibility index (Phi) is 8.65. The molecule has 2 aliphatic heterocycles. The van der Waals surface area contributed by atoms with Crippen LogP contribution in [0.2, 0.25) is 0 Å². The standard InChI is InChI=1S/C20H34O4/c1-2-3-4-9-14-23-15-17-16(18-12-13-19(17)24-18)10-7-5-6-8-11-20(21)22/h9,14,16-19H,2-8,10-13,15H2,1H3,(H,21,22)/t16-,17+,18-,19+/m1/s1. The van der Waals surface area contributed by atoms with Gasteiger partial charge in [0.15, 0.2) is 0 Å². The Balaban J connectivity index is 1.64. The molecule has 0 spiro atoms. The van der Waals surface area contributed by atoms with E-state index in [9.17, 15) is 4.79 Å². The average molecular weight is 338 g/mol. The van der Waals surface area contributed by atoms with Gasteiger partial charge in [-0.3, -0.25) is 4.79 Å². The van der Waals surface area contributed by atoms with Crippen LogP contribution in [0.1, 0.15) is 77.6 Å². The zero-order valence-electron chi connectivity index (χ0n) is 15.1. The van der Waals surface area contributed by atoms with Crippen LogP contribution in [0.15, 0.2) is 12.3 Å². The lowest BCUT2D eigenvalue weighted by Crippen LogP contribution is -2.30. The number of allylic oxidation sites excluding steroid dienone is 1. The molecule has 0 aromatic rings. The second-order valence-electron chi connectivity index (χ2n) is 7.31. The summed E-state index contributed by atoms with van der Waals surface area (Å²) in [5.74, 6) is 0.492. The molecule has 2 rings (SSSR count). The zero-order chi connectivity index (χ0) is 17.2. The summed E-state index contributed by atoms with van der Waals surface area (Å²) < 4.78 is 11.9. The van der Waals surface area contributed by atoms with Crippen molar-refractivity contribution in [3.63, 3.8) is 0 Å². The molecular formula is C20H34O4. The van der Waals surface area contributed by atoms with E-state index in [1.165, 1.54) is 38.5 Å². The Bertz CT molecular complexity index is 393. The minimum atomic E-state index is -0.680. The number of hydrogen-bond donors (Lipinski definition) is 1. The number of unbranched alkanes of at least 4 members (excludes halogenated alkanes) is 5. The summed E-state index contributed by atoms with van der Waals surface area (Å²) >= 11 is 0. The van der Waals surface area contributed by atoms with Crippen molar-refractivity contribution in [2.75, 3.05) is 6.61 Å². The maximum Gasteiger partial charge on any atom is 0.303 e. The van der Waals surface area contributed by atoms with Gasteiger partial charge in [0.1, 0.15) is 0 Å². The monoisotopic (exact) mass is 338 g/mol. The third kappa shape index (κ3) is 6.12. The molecule has 0 radical (unpaired) electrons. The molecule has 4 nitrogen and oxygen atoms in total. The van der Waals surface area contributed by atoms with E-state index in [2.05, 4.69) is 13.0 Å². The van der Waals surface area contributed by atoms with Crippen molar-refractivity contribution in [2.24, 2.45) is 11.8 Å². The Morgan fingerprint density at radius 1 is 1.12 bits per heavy atom. The number of hydrogen-bond acceptors (Lipinski definition) is 3. The van der Waals surface area contributed by atoms with Gasteiger partial charge in [0, 0.05) is 12.3 Å². The maximum atomic E-state index is 10.5. The fraction of sp³-hybridized carbons (Fsp3) is 0.850. The number of carboxylic acid groups (broad SMARTS) is 1. The van der Waals surface area contributed by atoms with Crippen molar-refractivity contribution in [1.29, 1.82) is 0 Å². The SMILES string of the molecule is CCCCC=COC[C@H]1[C@@H](CCCCCCC(=O)O)[C@H]2CC[C@@H]1O2. The predicted octanol–water partition coefficient (Wildman–Crippen LogP) is 4.93. The van der Waals surface area contributed by atoms with Crippen molar-refractivity contribution in [3.8, 4) is 0 Å². The van der Waals surface area contributed by atoms with E-state index >= 15 is 0 Å². The topological polar surface area (TPSA) is 55.8 Å². The van der Waals surface area contributed by atoms with E-state index in [-0.39, 0.29) is 0 Å². The molecular weight excluding hydrogens is 304 g/mol. The second-order valence-corrected chi connectivity index (χ2v) is 7.31. The first-order chi connectivity index (χ1) is 11.7. The van der Waals surface area contributed by atoms with Gasteiger partial charge in [-0.1, -0.05) is 32.6 Å². The van der Waals surface area contributed by atoms with Crippen LogP contribution in [0.4, 0.5) is 0 Å². The summed E-state index contributed by atoms with van der Waals surface area (Å²) in [5, 5.41) is 8.66. The number of carbonyl (C=O) groups is 1. The quantitative estimate of drug-likeness (QED) is 0.382. The molecule has 2 aliphatic rings. The summed E-state index contributed by atoms with van der Waals surface area (Å²) in [4.78, 5) is 10.5. The molecule has 0 amide bonds. The molecule has 4 heteroatoms. The molecule has 24 heavy (non-hydrogen) atoms. The lowest BCUT2D eigenvalue weighted by Gasteiger charge is -2.27. The summed E-state index contributed by atoms with van der Waals surface area (Å²) in [6.45, 7) is 2.99. The molecule has 0 aromatic heterocycles. The van der Waals surface area contributed by atoms with Crippen molar-refractivity contribution in [2.45, 2.75) is 89.8 Å². The molecule has 2 fully saturated rings. The van der Waals surface area contributed by atoms with Crippen molar-refractivity contribution in [1.82, 2.24) is 0 Å². The van der Waals surface area contributed by atoms with Crippen molar-refractivity contribution < 1.29 is 19.4 Å². The van der Waals surface area contributed by atoms with Crippen LogP contribution in [0.5, 0.6) is 0 Å². The first-order valence-electron chi connectivity index (χ1n) is 9.86. The highest BCUT2D eigenvalue weighted by molar-refractivity contribution is 5.66. The highest BCUT2D eigenvalue weighted by Gasteiger charge is 2.48. The molecule has 1 N–H and O–H groups in total. The van der Waals surface area contributed by atoms with Gasteiger partial charge < -0.3 is 14.6 Å². The van der Waals surface area contributed by atoms with E-state index in [1.54, 1.807) is 0 Å². The number of aliphatic carboxylic acids is 1. The van der Waals surface area contributed by atoms with Crippen LogP contribution in [-0.4, -0.2) is 29.9 Å². The van der Waals surface area contributed by atoms with Crippen molar-refractivity contribution >= 4 is 5.97 Å². The molecule has 0 saturated carbocycles. The molecule has 2 heterocycles. The fourth-order valence-electron chi connectivity index (χ4n) is 4.14. The molecule has 0 unspecified atom stereocenters. The van der Waals surface area contributed by atoms with Gasteiger partial charge in [-0.05, 0) is 50.5 Å². The molecule has 138 valence electrons. The van der Waals surface area contributed by atoms with Gasteiger partial charge in [-0.25, -0.2) is 0 Å². The van der Waals surface area contributed by atoms with Crippen LogP contribution >= 0.6 is 0 Å². The number of carboxylic acids is 1. The summed E-state index contributed by atoms with van der Waals surface area (Å²) in [6.07, 6.45) is 16.4. The van der Waals surface area contributed by atoms with E-state index in [0.717, 1.165) is 32.3 Å². The Hall–Kier alpha value is -1.03. The van der Waals surface area contributed by atoms with Gasteiger partial charge in [0.25, 0.3) is 0 Å². The van der Waals surface area contributed by atoms with E-state index < -0.39 is 5.97 Å². The van der Waals surface area contributed by atoms with E-state index in [1.807, 2.05) is 6.26 Å². The Morgan fingerprint density at radius 3 is 2.62 bits per heavy atom. The van der Waals surface area contributed by atoms with Crippen LogP contribution in [-0.2, 0) is 14.3 Å². The first-order valence-corrected chi connectivity index (χ1v) is 9.86. The Morgan fingerprint density at radius 2 is 1.88 bits per heavy atom. The van der Waals surface area contributed by atoms with Crippen LogP contribution in [0, 0.1) is 11.8 Å². The highest BCUT2D eigenvalue weighted by Crippen LogP contribution is 2.45. The predicted molar refractivity (Wildman–Crippen MR) is 94.8 cm³/mol. The highest BCUT2D eigenvalue weighted by atomic mass is 16.5. The zero-order valence-corrected chi connectivity index (χ0v) is 15.1. The smallest absolute Gasteiger partial charge is 0.303 e. The minimum absolute atomic E-state index is 0.304. The number of rotatable bonds is 13. The largest absolute Gasteiger partial charge is 0.501 e. The molecule has 0 aromatic carbocycles. The van der Waals surface area contributed by atoms with Gasteiger partial charge in [-0.2, -0.15) is 0 Å². The third-order valence-electron chi connectivity index (χ3n) is 5.47. The number of fused-ring (bicyclic) bond motifs is 2. The van der Waals surface area contributed by atoms with E-state index in [4.69, 9.17) is 14.6 Å². The van der Waals surface area contributed by atoms with Gasteiger partial charge >= 0.3 is 5.97 Å². The van der Waals surface area contributed by atoms with Gasteiger partial charge in [0.05, 0.1) is 25.1 Å². The molecule has 2 saturated heterocycles. The maximum absolute atomic E-state index is 10.5.